The van der Waals surface area contributed by atoms with Crippen LogP contribution in [0.2, 0.25) is 0 Å². The van der Waals surface area contributed by atoms with E-state index in [2.05, 4.69) is 21.9 Å². The first-order valence-electron chi connectivity index (χ1n) is 15.6. The van der Waals surface area contributed by atoms with Crippen molar-refractivity contribution in [2.45, 2.75) is 44.2 Å². The first-order chi connectivity index (χ1) is 22.2. The lowest BCUT2D eigenvalue weighted by atomic mass is 9.76. The molecule has 0 radical (unpaired) electrons. The van der Waals surface area contributed by atoms with Crippen LogP contribution in [0.5, 0.6) is 17.6 Å². The Labute approximate surface area is 263 Å². The molecular formula is C33H36F3N5O5. The second-order valence-electron chi connectivity index (χ2n) is 12.6. The SMILES string of the molecule is COc1nc(-c2cc(O)cc3ccc(F)c(F)c23)c(F)c2nc(OCC34CCCC3N(C)CCC4)nc(N3CCOCC(O)C3)c12. The fourth-order valence-electron chi connectivity index (χ4n) is 7.66. The van der Waals surface area contributed by atoms with E-state index in [9.17, 15) is 14.6 Å². The van der Waals surface area contributed by atoms with Crippen molar-refractivity contribution in [1.82, 2.24) is 19.9 Å². The molecule has 3 atom stereocenters. The largest absolute Gasteiger partial charge is 0.508 e. The van der Waals surface area contributed by atoms with Gasteiger partial charge < -0.3 is 34.2 Å². The number of methoxy groups -OCH3 is 1. The van der Waals surface area contributed by atoms with Crippen molar-refractivity contribution in [1.29, 1.82) is 0 Å². The summed E-state index contributed by atoms with van der Waals surface area (Å²) >= 11 is 0. The predicted molar refractivity (Wildman–Crippen MR) is 165 cm³/mol. The van der Waals surface area contributed by atoms with E-state index in [1.54, 1.807) is 4.90 Å². The number of pyridine rings is 1. The summed E-state index contributed by atoms with van der Waals surface area (Å²) in [6, 6.07) is 4.92. The zero-order valence-corrected chi connectivity index (χ0v) is 25.7. The van der Waals surface area contributed by atoms with Crippen LogP contribution in [0.4, 0.5) is 19.0 Å². The monoisotopic (exact) mass is 639 g/mol. The van der Waals surface area contributed by atoms with E-state index >= 15 is 8.78 Å². The molecule has 4 heterocycles. The number of hydrogen-bond donors (Lipinski definition) is 2. The van der Waals surface area contributed by atoms with Crippen LogP contribution in [0.3, 0.4) is 0 Å². The van der Waals surface area contributed by atoms with Gasteiger partial charge in [0.15, 0.2) is 17.5 Å². The second-order valence-corrected chi connectivity index (χ2v) is 12.6. The molecule has 3 aliphatic rings. The normalized spacial score (nSPS) is 23.9. The predicted octanol–water partition coefficient (Wildman–Crippen LogP) is 4.82. The highest BCUT2D eigenvalue weighted by Crippen LogP contribution is 2.48. The van der Waals surface area contributed by atoms with Crippen LogP contribution in [0, 0.1) is 22.9 Å². The van der Waals surface area contributed by atoms with Gasteiger partial charge in [0, 0.05) is 35.5 Å². The zero-order valence-electron chi connectivity index (χ0n) is 25.7. The van der Waals surface area contributed by atoms with Crippen molar-refractivity contribution in [3.8, 4) is 28.9 Å². The van der Waals surface area contributed by atoms with Crippen LogP contribution in [0.1, 0.15) is 32.1 Å². The molecule has 1 saturated carbocycles. The van der Waals surface area contributed by atoms with Crippen molar-refractivity contribution in [3.05, 3.63) is 41.7 Å². The molecule has 0 amide bonds. The number of ether oxygens (including phenoxy) is 3. The van der Waals surface area contributed by atoms with Gasteiger partial charge in [0.1, 0.15) is 28.2 Å². The number of likely N-dealkylation sites (tertiary alicyclic amines) is 1. The molecule has 2 aromatic carbocycles. The first-order valence-corrected chi connectivity index (χ1v) is 15.6. The lowest BCUT2D eigenvalue weighted by Gasteiger charge is -2.44. The third-order valence-corrected chi connectivity index (χ3v) is 9.76. The van der Waals surface area contributed by atoms with Gasteiger partial charge in [0.05, 0.1) is 33.0 Å². The second kappa shape index (κ2) is 12.0. The molecule has 3 fully saturated rings. The van der Waals surface area contributed by atoms with Crippen LogP contribution >= 0.6 is 0 Å². The maximum atomic E-state index is 16.8. The Kier molecular flexibility index (Phi) is 8.02. The molecule has 0 bridgehead atoms. The highest BCUT2D eigenvalue weighted by atomic mass is 19.2. The van der Waals surface area contributed by atoms with Crippen molar-refractivity contribution in [2.24, 2.45) is 5.41 Å². The molecule has 1 aliphatic carbocycles. The molecule has 3 unspecified atom stereocenters. The number of piperidine rings is 1. The number of β-amino-alcohol motifs (C(OH)–C–C–N with tert-alkyl or cyclic N) is 1. The average molecular weight is 640 g/mol. The van der Waals surface area contributed by atoms with Gasteiger partial charge in [-0.05, 0) is 62.9 Å². The van der Waals surface area contributed by atoms with Crippen LogP contribution in [-0.4, -0.2) is 95.8 Å². The van der Waals surface area contributed by atoms with Gasteiger partial charge in [-0.2, -0.15) is 9.97 Å². The third-order valence-electron chi connectivity index (χ3n) is 9.76. The molecular weight excluding hydrogens is 603 g/mol. The number of benzene rings is 2. The minimum absolute atomic E-state index is 0.0634. The minimum atomic E-state index is -1.21. The molecule has 2 N–H and O–H groups in total. The fraction of sp³-hybridized carbons (Fsp3) is 0.485. The Balaban J connectivity index is 1.42. The fourth-order valence-corrected chi connectivity index (χ4v) is 7.66. The van der Waals surface area contributed by atoms with E-state index < -0.39 is 29.2 Å². The van der Waals surface area contributed by atoms with Crippen molar-refractivity contribution in [2.75, 3.05) is 58.5 Å². The van der Waals surface area contributed by atoms with Gasteiger partial charge in [-0.3, -0.25) is 0 Å². The molecule has 244 valence electrons. The lowest BCUT2D eigenvalue weighted by Crippen LogP contribution is -2.50. The first kappa shape index (κ1) is 30.7. The van der Waals surface area contributed by atoms with Gasteiger partial charge in [0.2, 0.25) is 5.88 Å². The number of aliphatic hydroxyl groups is 1. The Morgan fingerprint density at radius 3 is 2.70 bits per heavy atom. The molecule has 2 aromatic heterocycles. The summed E-state index contributed by atoms with van der Waals surface area (Å²) in [6.07, 6.45) is 4.37. The Bertz CT molecular complexity index is 1810. The maximum Gasteiger partial charge on any atom is 0.319 e. The number of aliphatic hydroxyl groups excluding tert-OH is 1. The number of aromatic nitrogens is 3. The number of fused-ring (bicyclic) bond motifs is 3. The van der Waals surface area contributed by atoms with E-state index in [1.807, 2.05) is 0 Å². The summed E-state index contributed by atoms with van der Waals surface area (Å²) in [6.45, 7) is 2.24. The number of hydrogen-bond acceptors (Lipinski definition) is 10. The minimum Gasteiger partial charge on any atom is -0.508 e. The molecule has 13 heteroatoms. The number of halogens is 3. The summed E-state index contributed by atoms with van der Waals surface area (Å²) in [5.74, 6) is -3.43. The number of phenolic OH excluding ortho intramolecular Hbond substituents is 1. The Morgan fingerprint density at radius 2 is 1.87 bits per heavy atom. The van der Waals surface area contributed by atoms with E-state index in [0.717, 1.165) is 50.8 Å². The van der Waals surface area contributed by atoms with Gasteiger partial charge in [-0.1, -0.05) is 12.5 Å². The number of aromatic hydroxyl groups is 1. The number of nitrogens with zero attached hydrogens (tertiary/aromatic N) is 5. The topological polar surface area (TPSA) is 113 Å². The van der Waals surface area contributed by atoms with E-state index in [-0.39, 0.29) is 75.9 Å². The smallest absolute Gasteiger partial charge is 0.319 e. The van der Waals surface area contributed by atoms with Crippen LogP contribution < -0.4 is 14.4 Å². The molecule has 7 rings (SSSR count). The Hall–Kier alpha value is -3.94. The standard InChI is InChI=1S/C33H36F3N5O5/c1-40-10-4-9-33(8-3-5-23(33)40)17-46-32-38-29-25(30(39-32)41-11-12-45-16-20(43)15-41)31(44-2)37-28(27(29)36)21-14-19(42)13-18-6-7-22(34)26(35)24(18)21/h6-7,13-14,20,23,42-43H,3-5,8-12,15-17H2,1-2H3. The number of anilines is 1. The zero-order chi connectivity index (χ0) is 32.2. The van der Waals surface area contributed by atoms with E-state index in [0.29, 0.717) is 19.2 Å². The molecule has 4 aromatic rings. The summed E-state index contributed by atoms with van der Waals surface area (Å²) < 4.78 is 64.0. The average Bonchev–Trinajstić information content (AvgIpc) is 3.37. The van der Waals surface area contributed by atoms with Gasteiger partial charge >= 0.3 is 6.01 Å². The number of rotatable bonds is 6. The summed E-state index contributed by atoms with van der Waals surface area (Å²) in [7, 11) is 3.48. The van der Waals surface area contributed by atoms with Gasteiger partial charge in [-0.15, -0.1) is 0 Å². The van der Waals surface area contributed by atoms with Crippen LogP contribution in [0.15, 0.2) is 24.3 Å². The number of phenols is 1. The highest BCUT2D eigenvalue weighted by Gasteiger charge is 2.47. The maximum absolute atomic E-state index is 16.8. The van der Waals surface area contributed by atoms with Crippen molar-refractivity contribution < 1.29 is 37.6 Å². The third kappa shape index (κ3) is 5.23. The van der Waals surface area contributed by atoms with E-state index in [1.165, 1.54) is 19.2 Å². The summed E-state index contributed by atoms with van der Waals surface area (Å²) in [4.78, 5) is 17.8. The van der Waals surface area contributed by atoms with Gasteiger partial charge in [0.25, 0.3) is 0 Å². The van der Waals surface area contributed by atoms with Crippen molar-refractivity contribution in [3.63, 3.8) is 0 Å². The summed E-state index contributed by atoms with van der Waals surface area (Å²) in [5, 5.41) is 21.0. The molecule has 46 heavy (non-hydrogen) atoms. The lowest BCUT2D eigenvalue weighted by molar-refractivity contribution is 0.0133. The van der Waals surface area contributed by atoms with Gasteiger partial charge in [-0.25, -0.2) is 18.2 Å². The molecule has 2 aliphatic heterocycles. The van der Waals surface area contributed by atoms with E-state index in [4.69, 9.17) is 19.2 Å². The van der Waals surface area contributed by atoms with Crippen LogP contribution in [-0.2, 0) is 4.74 Å². The summed E-state index contributed by atoms with van der Waals surface area (Å²) in [5.41, 5.74) is -0.868. The molecule has 2 saturated heterocycles. The Morgan fingerprint density at radius 1 is 1.04 bits per heavy atom. The quantitative estimate of drug-likeness (QED) is 0.305. The molecule has 0 spiro atoms. The van der Waals surface area contributed by atoms with Crippen molar-refractivity contribution >= 4 is 27.5 Å². The van der Waals surface area contributed by atoms with Crippen LogP contribution in [0.25, 0.3) is 32.9 Å². The highest BCUT2D eigenvalue weighted by molar-refractivity contribution is 6.02. The molecule has 10 nitrogen and oxygen atoms in total.